The molecule has 0 saturated carbocycles. The smallest absolute Gasteiger partial charge is 0.228 e. The second-order valence-electron chi connectivity index (χ2n) is 4.52. The summed E-state index contributed by atoms with van der Waals surface area (Å²) in [4.78, 5) is 12.0. The largest absolute Gasteiger partial charge is 0.324 e. The van der Waals surface area contributed by atoms with Gasteiger partial charge in [0.05, 0.1) is 16.6 Å². The molecule has 1 fully saturated rings. The monoisotopic (exact) mass is 252 g/mol. The Kier molecular flexibility index (Phi) is 4.02. The summed E-state index contributed by atoms with van der Waals surface area (Å²) in [6, 6.07) is 5.66. The molecule has 1 amide bonds. The summed E-state index contributed by atoms with van der Waals surface area (Å²) in [5.41, 5.74) is 1.79. The molecular formula is C13H17ClN2O. The van der Waals surface area contributed by atoms with Crippen molar-refractivity contribution >= 4 is 23.2 Å². The number of nitrogens with one attached hydrogen (secondary N) is 2. The first kappa shape index (κ1) is 12.4. The summed E-state index contributed by atoms with van der Waals surface area (Å²) in [6.07, 6.45) is 2.00. The van der Waals surface area contributed by atoms with Crippen LogP contribution in [0.3, 0.4) is 0 Å². The first-order chi connectivity index (χ1) is 8.16. The highest BCUT2D eigenvalue weighted by molar-refractivity contribution is 6.33. The quantitative estimate of drug-likeness (QED) is 0.850. The lowest BCUT2D eigenvalue weighted by Crippen LogP contribution is -2.37. The van der Waals surface area contributed by atoms with Crippen molar-refractivity contribution in [2.75, 3.05) is 18.4 Å². The number of carbonyl (C=O) groups is 1. The molecule has 3 nitrogen and oxygen atoms in total. The minimum Gasteiger partial charge on any atom is -0.324 e. The van der Waals surface area contributed by atoms with Crippen molar-refractivity contribution in [1.82, 2.24) is 5.32 Å². The van der Waals surface area contributed by atoms with Crippen LogP contribution in [0.25, 0.3) is 0 Å². The molecule has 1 unspecified atom stereocenters. The molecule has 1 aromatic rings. The molecule has 92 valence electrons. The number of hydrogen-bond donors (Lipinski definition) is 2. The molecular weight excluding hydrogens is 236 g/mol. The maximum absolute atomic E-state index is 12.0. The fraction of sp³-hybridized carbons (Fsp3) is 0.462. The van der Waals surface area contributed by atoms with Crippen molar-refractivity contribution in [2.45, 2.75) is 19.8 Å². The second kappa shape index (κ2) is 5.52. The van der Waals surface area contributed by atoms with Gasteiger partial charge in [0.2, 0.25) is 5.91 Å². The SMILES string of the molecule is Cc1ccc(NC(=O)C2CCCNC2)c(Cl)c1. The molecule has 4 heteroatoms. The van der Waals surface area contributed by atoms with Gasteiger partial charge in [0, 0.05) is 6.54 Å². The lowest BCUT2D eigenvalue weighted by atomic mass is 9.99. The van der Waals surface area contributed by atoms with Gasteiger partial charge < -0.3 is 10.6 Å². The van der Waals surface area contributed by atoms with Gasteiger partial charge in [-0.05, 0) is 44.0 Å². The maximum atomic E-state index is 12.0. The van der Waals surface area contributed by atoms with E-state index in [0.717, 1.165) is 31.5 Å². The molecule has 2 N–H and O–H groups in total. The number of rotatable bonds is 2. The number of halogens is 1. The van der Waals surface area contributed by atoms with Crippen LogP contribution in [0.4, 0.5) is 5.69 Å². The minimum absolute atomic E-state index is 0.0566. The third-order valence-electron chi connectivity index (χ3n) is 3.05. The normalized spacial score (nSPS) is 20.0. The van der Waals surface area contributed by atoms with Crippen LogP contribution in [0, 0.1) is 12.8 Å². The summed E-state index contributed by atoms with van der Waals surface area (Å²) in [5, 5.41) is 6.73. The van der Waals surface area contributed by atoms with E-state index in [2.05, 4.69) is 10.6 Å². The van der Waals surface area contributed by atoms with Gasteiger partial charge in [0.15, 0.2) is 0 Å². The number of anilines is 1. The highest BCUT2D eigenvalue weighted by Crippen LogP contribution is 2.24. The van der Waals surface area contributed by atoms with E-state index >= 15 is 0 Å². The topological polar surface area (TPSA) is 41.1 Å². The van der Waals surface area contributed by atoms with Gasteiger partial charge in [-0.2, -0.15) is 0 Å². The molecule has 1 aromatic carbocycles. The Morgan fingerprint density at radius 3 is 3.00 bits per heavy atom. The van der Waals surface area contributed by atoms with Gasteiger partial charge in [0.1, 0.15) is 0 Å². The van der Waals surface area contributed by atoms with Gasteiger partial charge in [-0.25, -0.2) is 0 Å². The van der Waals surface area contributed by atoms with Crippen LogP contribution in [0.1, 0.15) is 18.4 Å². The first-order valence-electron chi connectivity index (χ1n) is 5.94. The first-order valence-corrected chi connectivity index (χ1v) is 6.32. The van der Waals surface area contributed by atoms with Crippen molar-refractivity contribution in [3.63, 3.8) is 0 Å². The molecule has 0 radical (unpaired) electrons. The number of aryl methyl sites for hydroxylation is 1. The number of carbonyl (C=O) groups excluding carboxylic acids is 1. The van der Waals surface area contributed by atoms with Crippen molar-refractivity contribution in [1.29, 1.82) is 0 Å². The molecule has 0 aliphatic carbocycles. The van der Waals surface area contributed by atoms with Gasteiger partial charge in [-0.15, -0.1) is 0 Å². The molecule has 17 heavy (non-hydrogen) atoms. The number of amides is 1. The molecule has 2 rings (SSSR count). The maximum Gasteiger partial charge on any atom is 0.228 e. The Labute approximate surface area is 107 Å². The predicted molar refractivity (Wildman–Crippen MR) is 70.4 cm³/mol. The fourth-order valence-electron chi connectivity index (χ4n) is 2.03. The molecule has 1 aliphatic rings. The zero-order valence-electron chi connectivity index (χ0n) is 9.92. The van der Waals surface area contributed by atoms with Crippen LogP contribution in [-0.4, -0.2) is 19.0 Å². The highest BCUT2D eigenvalue weighted by Gasteiger charge is 2.21. The van der Waals surface area contributed by atoms with Gasteiger partial charge >= 0.3 is 0 Å². The summed E-state index contributed by atoms with van der Waals surface area (Å²) < 4.78 is 0. The van der Waals surface area contributed by atoms with Crippen LogP contribution < -0.4 is 10.6 Å². The summed E-state index contributed by atoms with van der Waals surface area (Å²) >= 11 is 6.08. The molecule has 0 bridgehead atoms. The third kappa shape index (κ3) is 3.20. The van der Waals surface area contributed by atoms with E-state index in [9.17, 15) is 4.79 Å². The van der Waals surface area contributed by atoms with Crippen LogP contribution in [-0.2, 0) is 4.79 Å². The van der Waals surface area contributed by atoms with Crippen LogP contribution in [0.5, 0.6) is 0 Å². The van der Waals surface area contributed by atoms with Gasteiger partial charge in [0.25, 0.3) is 0 Å². The molecule has 1 atom stereocenters. The van der Waals surface area contributed by atoms with Crippen molar-refractivity contribution < 1.29 is 4.79 Å². The van der Waals surface area contributed by atoms with Crippen LogP contribution in [0.2, 0.25) is 5.02 Å². The third-order valence-corrected chi connectivity index (χ3v) is 3.36. The van der Waals surface area contributed by atoms with E-state index < -0.39 is 0 Å². The van der Waals surface area contributed by atoms with Crippen molar-refractivity contribution in [3.05, 3.63) is 28.8 Å². The standard InChI is InChI=1S/C13H17ClN2O/c1-9-4-5-12(11(14)7-9)16-13(17)10-3-2-6-15-8-10/h4-5,7,10,15H,2-3,6,8H2,1H3,(H,16,17). The lowest BCUT2D eigenvalue weighted by Gasteiger charge is -2.22. The van der Waals surface area contributed by atoms with Gasteiger partial charge in [-0.3, -0.25) is 4.79 Å². The Hall–Kier alpha value is -1.06. The van der Waals surface area contributed by atoms with E-state index in [0.29, 0.717) is 10.7 Å². The van der Waals surface area contributed by atoms with E-state index in [1.807, 2.05) is 25.1 Å². The van der Waals surface area contributed by atoms with E-state index in [1.165, 1.54) is 0 Å². The van der Waals surface area contributed by atoms with E-state index in [-0.39, 0.29) is 11.8 Å². The van der Waals surface area contributed by atoms with Gasteiger partial charge in [-0.1, -0.05) is 17.7 Å². The number of benzene rings is 1. The minimum atomic E-state index is 0.0566. The van der Waals surface area contributed by atoms with Crippen molar-refractivity contribution in [3.8, 4) is 0 Å². The van der Waals surface area contributed by atoms with E-state index in [4.69, 9.17) is 11.6 Å². The molecule has 1 heterocycles. The number of hydrogen-bond acceptors (Lipinski definition) is 2. The Bertz CT molecular complexity index is 414. The molecule has 0 spiro atoms. The summed E-state index contributed by atoms with van der Waals surface area (Å²) in [6.45, 7) is 3.74. The highest BCUT2D eigenvalue weighted by atomic mass is 35.5. The second-order valence-corrected chi connectivity index (χ2v) is 4.92. The van der Waals surface area contributed by atoms with Crippen LogP contribution >= 0.6 is 11.6 Å². The zero-order valence-corrected chi connectivity index (χ0v) is 10.7. The lowest BCUT2D eigenvalue weighted by molar-refractivity contribution is -0.120. The average molecular weight is 253 g/mol. The zero-order chi connectivity index (χ0) is 12.3. The predicted octanol–water partition coefficient (Wildman–Crippen LogP) is 2.59. The summed E-state index contributed by atoms with van der Waals surface area (Å²) in [7, 11) is 0. The Morgan fingerprint density at radius 1 is 1.53 bits per heavy atom. The van der Waals surface area contributed by atoms with Crippen LogP contribution in [0.15, 0.2) is 18.2 Å². The Balaban J connectivity index is 2.02. The molecule has 1 saturated heterocycles. The molecule has 0 aromatic heterocycles. The fourth-order valence-corrected chi connectivity index (χ4v) is 2.31. The average Bonchev–Trinajstić information content (AvgIpc) is 2.34. The van der Waals surface area contributed by atoms with Crippen molar-refractivity contribution in [2.24, 2.45) is 5.92 Å². The van der Waals surface area contributed by atoms with E-state index in [1.54, 1.807) is 0 Å². The summed E-state index contributed by atoms with van der Waals surface area (Å²) in [5.74, 6) is 0.115. The number of piperidine rings is 1. The Morgan fingerprint density at radius 2 is 2.35 bits per heavy atom. The molecule has 1 aliphatic heterocycles.